The zero-order valence-electron chi connectivity index (χ0n) is 13.6. The van der Waals surface area contributed by atoms with Crippen molar-refractivity contribution in [1.82, 2.24) is 4.98 Å². The summed E-state index contributed by atoms with van der Waals surface area (Å²) in [6.07, 6.45) is 2.51. The van der Waals surface area contributed by atoms with Gasteiger partial charge in [0.2, 0.25) is 5.91 Å². The SMILES string of the molecule is O=C(O)[C@@H]1[C@@H]2CC[C@@H](C2)[C@@H]1C(=O)Nc1nc(-c2ccc(F)cc2F)cs1. The number of carbonyl (C=O) groups is 2. The van der Waals surface area contributed by atoms with Crippen LogP contribution in [0.2, 0.25) is 0 Å². The molecule has 1 aromatic heterocycles. The Labute approximate surface area is 152 Å². The number of anilines is 1. The lowest BCUT2D eigenvalue weighted by molar-refractivity contribution is -0.148. The molecule has 0 radical (unpaired) electrons. The van der Waals surface area contributed by atoms with Crippen LogP contribution in [0.5, 0.6) is 0 Å². The summed E-state index contributed by atoms with van der Waals surface area (Å²) in [7, 11) is 0. The third kappa shape index (κ3) is 2.88. The Kier molecular flexibility index (Phi) is 4.22. The fourth-order valence-corrected chi connectivity index (χ4v) is 5.08. The average molecular weight is 378 g/mol. The van der Waals surface area contributed by atoms with Crippen LogP contribution >= 0.6 is 11.3 Å². The largest absolute Gasteiger partial charge is 0.481 e. The number of aromatic nitrogens is 1. The number of nitrogens with one attached hydrogen (secondary N) is 1. The lowest BCUT2D eigenvalue weighted by Crippen LogP contribution is -2.37. The van der Waals surface area contributed by atoms with Crippen molar-refractivity contribution in [1.29, 1.82) is 0 Å². The predicted octanol–water partition coefficient (Wildman–Crippen LogP) is 3.77. The number of hydrogen-bond acceptors (Lipinski definition) is 4. The molecule has 1 amide bonds. The third-order valence-corrected chi connectivity index (χ3v) is 6.20. The molecule has 4 rings (SSSR count). The number of thiazole rings is 1. The van der Waals surface area contributed by atoms with Gasteiger partial charge in [0.1, 0.15) is 11.6 Å². The molecule has 2 bridgehead atoms. The van der Waals surface area contributed by atoms with Gasteiger partial charge in [-0.15, -0.1) is 11.3 Å². The summed E-state index contributed by atoms with van der Waals surface area (Å²) in [6, 6.07) is 3.21. The Morgan fingerprint density at radius 1 is 1.19 bits per heavy atom. The molecule has 0 aliphatic heterocycles. The maximum atomic E-state index is 13.9. The maximum Gasteiger partial charge on any atom is 0.307 e. The summed E-state index contributed by atoms with van der Waals surface area (Å²) in [6.45, 7) is 0. The number of carboxylic acid groups (broad SMARTS) is 1. The second-order valence-electron chi connectivity index (χ2n) is 6.87. The molecular formula is C18H16F2N2O3S. The van der Waals surface area contributed by atoms with Crippen molar-refractivity contribution < 1.29 is 23.5 Å². The van der Waals surface area contributed by atoms with Crippen LogP contribution in [0.3, 0.4) is 0 Å². The Morgan fingerprint density at radius 2 is 1.92 bits per heavy atom. The lowest BCUT2D eigenvalue weighted by atomic mass is 9.79. The van der Waals surface area contributed by atoms with Crippen molar-refractivity contribution in [2.24, 2.45) is 23.7 Å². The van der Waals surface area contributed by atoms with Crippen LogP contribution in [0, 0.1) is 35.3 Å². The van der Waals surface area contributed by atoms with Crippen LogP contribution in [0.15, 0.2) is 23.6 Å². The van der Waals surface area contributed by atoms with Crippen molar-refractivity contribution in [2.75, 3.05) is 5.32 Å². The van der Waals surface area contributed by atoms with E-state index in [0.29, 0.717) is 5.69 Å². The molecular weight excluding hydrogens is 362 g/mol. The van der Waals surface area contributed by atoms with Gasteiger partial charge >= 0.3 is 5.97 Å². The van der Waals surface area contributed by atoms with E-state index in [0.717, 1.165) is 42.7 Å². The highest BCUT2D eigenvalue weighted by Crippen LogP contribution is 2.52. The number of halogens is 2. The zero-order chi connectivity index (χ0) is 18.4. The molecule has 2 N–H and O–H groups in total. The highest BCUT2D eigenvalue weighted by molar-refractivity contribution is 7.14. The number of fused-ring (bicyclic) bond motifs is 2. The first kappa shape index (κ1) is 17.1. The van der Waals surface area contributed by atoms with Crippen molar-refractivity contribution in [3.05, 3.63) is 35.2 Å². The van der Waals surface area contributed by atoms with Crippen LogP contribution in [-0.2, 0) is 9.59 Å². The third-order valence-electron chi connectivity index (χ3n) is 5.45. The first-order chi connectivity index (χ1) is 12.4. The highest BCUT2D eigenvalue weighted by Gasteiger charge is 2.54. The van der Waals surface area contributed by atoms with Gasteiger partial charge in [-0.2, -0.15) is 0 Å². The van der Waals surface area contributed by atoms with Gasteiger partial charge in [0.05, 0.1) is 17.5 Å². The number of nitrogens with zero attached hydrogens (tertiary/aromatic N) is 1. The van der Waals surface area contributed by atoms with Gasteiger partial charge in [-0.05, 0) is 43.2 Å². The number of benzene rings is 1. The molecule has 26 heavy (non-hydrogen) atoms. The smallest absolute Gasteiger partial charge is 0.307 e. The molecule has 2 aliphatic carbocycles. The van der Waals surface area contributed by atoms with Gasteiger partial charge in [0.25, 0.3) is 0 Å². The summed E-state index contributed by atoms with van der Waals surface area (Å²) in [5.41, 5.74) is 0.442. The van der Waals surface area contributed by atoms with E-state index >= 15 is 0 Å². The Balaban J connectivity index is 1.52. The van der Waals surface area contributed by atoms with E-state index in [9.17, 15) is 23.5 Å². The molecule has 4 atom stereocenters. The van der Waals surface area contributed by atoms with Crippen molar-refractivity contribution in [2.45, 2.75) is 19.3 Å². The van der Waals surface area contributed by atoms with Crippen LogP contribution in [0.4, 0.5) is 13.9 Å². The standard InChI is InChI=1S/C18H16F2N2O3S/c19-10-3-4-11(12(20)6-10)13-7-26-18(21-13)22-16(23)14-8-1-2-9(5-8)15(14)17(24)25/h3-4,6-9,14-15H,1-2,5H2,(H,24,25)(H,21,22,23)/t8-,9+,14-,15+/m0/s1. The number of amides is 1. The van der Waals surface area contributed by atoms with E-state index in [1.807, 2.05) is 0 Å². The summed E-state index contributed by atoms with van der Waals surface area (Å²) in [5, 5.41) is 14.0. The van der Waals surface area contributed by atoms with Gasteiger partial charge in [0, 0.05) is 17.0 Å². The molecule has 2 aromatic rings. The second kappa shape index (κ2) is 6.42. The maximum absolute atomic E-state index is 13.9. The quantitative estimate of drug-likeness (QED) is 0.849. The minimum Gasteiger partial charge on any atom is -0.481 e. The molecule has 1 aromatic carbocycles. The van der Waals surface area contributed by atoms with Crippen LogP contribution in [-0.4, -0.2) is 22.0 Å². The van der Waals surface area contributed by atoms with Gasteiger partial charge in [-0.1, -0.05) is 0 Å². The summed E-state index contributed by atoms with van der Waals surface area (Å²) < 4.78 is 26.9. The number of carbonyl (C=O) groups excluding carboxylic acids is 1. The monoisotopic (exact) mass is 378 g/mol. The number of aliphatic carboxylic acids is 1. The molecule has 1 heterocycles. The summed E-state index contributed by atoms with van der Waals surface area (Å²) >= 11 is 1.12. The average Bonchev–Trinajstić information content (AvgIpc) is 3.29. The number of carboxylic acids is 1. The van der Waals surface area contributed by atoms with Gasteiger partial charge < -0.3 is 10.4 Å². The van der Waals surface area contributed by atoms with Crippen LogP contribution in [0.25, 0.3) is 11.3 Å². The van der Waals surface area contributed by atoms with Crippen molar-refractivity contribution in [3.63, 3.8) is 0 Å². The highest BCUT2D eigenvalue weighted by atomic mass is 32.1. The fraction of sp³-hybridized carbons (Fsp3) is 0.389. The molecule has 2 saturated carbocycles. The van der Waals surface area contributed by atoms with Crippen LogP contribution in [0.1, 0.15) is 19.3 Å². The molecule has 0 saturated heterocycles. The normalized spacial score (nSPS) is 26.8. The first-order valence-corrected chi connectivity index (χ1v) is 9.26. The van der Waals surface area contributed by atoms with Crippen molar-refractivity contribution in [3.8, 4) is 11.3 Å². The fourth-order valence-electron chi connectivity index (χ4n) is 4.36. The van der Waals surface area contributed by atoms with E-state index in [2.05, 4.69) is 10.3 Å². The Bertz CT molecular complexity index is 885. The zero-order valence-corrected chi connectivity index (χ0v) is 14.4. The lowest BCUT2D eigenvalue weighted by Gasteiger charge is -2.26. The van der Waals surface area contributed by atoms with Gasteiger partial charge in [0.15, 0.2) is 5.13 Å². The Hall–Kier alpha value is -2.35. The van der Waals surface area contributed by atoms with E-state index in [1.165, 1.54) is 6.07 Å². The summed E-state index contributed by atoms with van der Waals surface area (Å²) in [5.74, 6) is -3.72. The van der Waals surface area contributed by atoms with Crippen molar-refractivity contribution >= 4 is 28.3 Å². The van der Waals surface area contributed by atoms with E-state index in [1.54, 1.807) is 5.38 Å². The molecule has 2 aliphatic rings. The van der Waals surface area contributed by atoms with E-state index in [-0.39, 0.29) is 28.4 Å². The van der Waals surface area contributed by atoms with Gasteiger partial charge in [-0.25, -0.2) is 13.8 Å². The van der Waals surface area contributed by atoms with Crippen LogP contribution < -0.4 is 5.32 Å². The molecule has 5 nitrogen and oxygen atoms in total. The van der Waals surface area contributed by atoms with E-state index < -0.39 is 29.4 Å². The number of rotatable bonds is 4. The minimum atomic E-state index is -0.925. The molecule has 2 fully saturated rings. The number of hydrogen-bond donors (Lipinski definition) is 2. The molecule has 136 valence electrons. The first-order valence-electron chi connectivity index (χ1n) is 8.38. The molecule has 8 heteroatoms. The minimum absolute atomic E-state index is 0.0633. The Morgan fingerprint density at radius 3 is 2.62 bits per heavy atom. The summed E-state index contributed by atoms with van der Waals surface area (Å²) in [4.78, 5) is 28.4. The second-order valence-corrected chi connectivity index (χ2v) is 7.73. The molecule has 0 spiro atoms. The van der Waals surface area contributed by atoms with Gasteiger partial charge in [-0.3, -0.25) is 9.59 Å². The predicted molar refractivity (Wildman–Crippen MR) is 91.5 cm³/mol. The topological polar surface area (TPSA) is 79.3 Å². The van der Waals surface area contributed by atoms with E-state index in [4.69, 9.17) is 0 Å². The molecule has 0 unspecified atom stereocenters.